The predicted octanol–water partition coefficient (Wildman–Crippen LogP) is 0.947. The van der Waals surface area contributed by atoms with Gasteiger partial charge in [0.05, 0.1) is 30.4 Å². The van der Waals surface area contributed by atoms with Crippen molar-refractivity contribution >= 4 is 5.69 Å². The molecule has 0 radical (unpaired) electrons. The number of aromatic nitrogens is 2. The molecule has 2 aromatic rings. The quantitative estimate of drug-likeness (QED) is 0.739. The van der Waals surface area contributed by atoms with Crippen molar-refractivity contribution in [1.82, 2.24) is 9.78 Å². The molecule has 0 aliphatic carbocycles. The lowest BCUT2D eigenvalue weighted by Gasteiger charge is -2.01. The van der Waals surface area contributed by atoms with Crippen LogP contribution in [0.3, 0.4) is 0 Å². The van der Waals surface area contributed by atoms with E-state index < -0.39 is 0 Å². The fraction of sp³-hybridized carbons (Fsp3) is 0.100. The molecule has 0 fully saturated rings. The van der Waals surface area contributed by atoms with Crippen LogP contribution in [0.5, 0.6) is 0 Å². The van der Waals surface area contributed by atoms with Crippen molar-refractivity contribution in [1.29, 1.82) is 0 Å². The third-order valence-corrected chi connectivity index (χ3v) is 1.99. The van der Waals surface area contributed by atoms with Crippen molar-refractivity contribution in [3.05, 3.63) is 42.2 Å². The molecule has 0 aliphatic heterocycles. The highest BCUT2D eigenvalue weighted by Crippen LogP contribution is 2.10. The van der Waals surface area contributed by atoms with Gasteiger partial charge in [0.25, 0.3) is 0 Å². The lowest BCUT2D eigenvalue weighted by atomic mass is 10.2. The Labute approximate surface area is 81.6 Å². The van der Waals surface area contributed by atoms with Gasteiger partial charge >= 0.3 is 0 Å². The largest absolute Gasteiger partial charge is 0.396 e. The van der Waals surface area contributed by atoms with E-state index in [1.54, 1.807) is 17.1 Å². The number of anilines is 1. The second-order valence-electron chi connectivity index (χ2n) is 3.04. The Kier molecular flexibility index (Phi) is 2.20. The third-order valence-electron chi connectivity index (χ3n) is 1.99. The molecular weight excluding hydrogens is 178 g/mol. The van der Waals surface area contributed by atoms with Crippen molar-refractivity contribution in [3.8, 4) is 5.69 Å². The molecule has 0 spiro atoms. The molecule has 0 saturated carbocycles. The smallest absolute Gasteiger partial charge is 0.0724 e. The highest BCUT2D eigenvalue weighted by Gasteiger charge is 1.97. The second-order valence-corrected chi connectivity index (χ2v) is 3.04. The SMILES string of the molecule is Nc1cnn(-c2ccc(CO)cc2)c1. The normalized spacial score (nSPS) is 10.4. The van der Waals surface area contributed by atoms with Crippen LogP contribution in [-0.4, -0.2) is 14.9 Å². The summed E-state index contributed by atoms with van der Waals surface area (Å²) in [4.78, 5) is 0. The molecular formula is C10H11N3O. The van der Waals surface area contributed by atoms with Gasteiger partial charge in [0.2, 0.25) is 0 Å². The van der Waals surface area contributed by atoms with Crippen molar-refractivity contribution in [2.45, 2.75) is 6.61 Å². The summed E-state index contributed by atoms with van der Waals surface area (Å²) in [6.45, 7) is 0.0571. The standard InChI is InChI=1S/C10H11N3O/c11-9-5-12-13(6-9)10-3-1-8(7-14)2-4-10/h1-6,14H,7,11H2. The number of nitrogens with zero attached hydrogens (tertiary/aromatic N) is 2. The summed E-state index contributed by atoms with van der Waals surface area (Å²) in [6, 6.07) is 7.48. The zero-order chi connectivity index (χ0) is 9.97. The highest BCUT2D eigenvalue weighted by molar-refractivity contribution is 5.39. The third kappa shape index (κ3) is 1.60. The molecule has 0 saturated heterocycles. The minimum absolute atomic E-state index is 0.0571. The van der Waals surface area contributed by atoms with E-state index in [1.807, 2.05) is 24.3 Å². The van der Waals surface area contributed by atoms with E-state index in [1.165, 1.54) is 0 Å². The number of benzene rings is 1. The minimum Gasteiger partial charge on any atom is -0.396 e. The van der Waals surface area contributed by atoms with Crippen LogP contribution in [0.2, 0.25) is 0 Å². The van der Waals surface area contributed by atoms with Gasteiger partial charge in [-0.05, 0) is 17.7 Å². The number of hydrogen-bond donors (Lipinski definition) is 2. The Hall–Kier alpha value is -1.81. The van der Waals surface area contributed by atoms with Crippen LogP contribution in [-0.2, 0) is 6.61 Å². The van der Waals surface area contributed by atoms with E-state index in [-0.39, 0.29) is 6.61 Å². The van der Waals surface area contributed by atoms with Crippen molar-refractivity contribution < 1.29 is 5.11 Å². The number of aliphatic hydroxyl groups excluding tert-OH is 1. The number of aliphatic hydroxyl groups is 1. The summed E-state index contributed by atoms with van der Waals surface area (Å²) in [5.74, 6) is 0. The van der Waals surface area contributed by atoms with Crippen LogP contribution in [0.1, 0.15) is 5.56 Å². The Balaban J connectivity index is 2.33. The fourth-order valence-corrected chi connectivity index (χ4v) is 1.23. The molecule has 0 atom stereocenters. The molecule has 1 aromatic heterocycles. The van der Waals surface area contributed by atoms with E-state index >= 15 is 0 Å². The van der Waals surface area contributed by atoms with Gasteiger partial charge in [-0.2, -0.15) is 5.10 Å². The molecule has 1 heterocycles. The minimum atomic E-state index is 0.0571. The molecule has 0 unspecified atom stereocenters. The summed E-state index contributed by atoms with van der Waals surface area (Å²) >= 11 is 0. The summed E-state index contributed by atoms with van der Waals surface area (Å²) in [5, 5.41) is 12.9. The lowest BCUT2D eigenvalue weighted by Crippen LogP contribution is -1.94. The Bertz CT molecular complexity index is 419. The average Bonchev–Trinajstić information content (AvgIpc) is 2.65. The van der Waals surface area contributed by atoms with Crippen LogP contribution in [0.25, 0.3) is 5.69 Å². The van der Waals surface area contributed by atoms with Crippen LogP contribution >= 0.6 is 0 Å². The first-order valence-electron chi connectivity index (χ1n) is 4.30. The molecule has 1 aromatic carbocycles. The van der Waals surface area contributed by atoms with Crippen molar-refractivity contribution in [2.24, 2.45) is 0 Å². The molecule has 4 heteroatoms. The fourth-order valence-electron chi connectivity index (χ4n) is 1.23. The highest BCUT2D eigenvalue weighted by atomic mass is 16.3. The molecule has 72 valence electrons. The first kappa shape index (κ1) is 8.77. The van der Waals surface area contributed by atoms with Gasteiger partial charge < -0.3 is 10.8 Å². The van der Waals surface area contributed by atoms with Gasteiger partial charge in [0.1, 0.15) is 0 Å². The molecule has 2 rings (SSSR count). The second kappa shape index (κ2) is 3.51. The lowest BCUT2D eigenvalue weighted by molar-refractivity contribution is 0.282. The zero-order valence-electron chi connectivity index (χ0n) is 7.59. The molecule has 0 amide bonds. The van der Waals surface area contributed by atoms with Gasteiger partial charge in [-0.3, -0.25) is 0 Å². The summed E-state index contributed by atoms with van der Waals surface area (Å²) in [5.41, 5.74) is 8.00. The monoisotopic (exact) mass is 189 g/mol. The number of rotatable bonds is 2. The Morgan fingerprint density at radius 2 is 2.00 bits per heavy atom. The summed E-state index contributed by atoms with van der Waals surface area (Å²) in [6.07, 6.45) is 3.34. The van der Waals surface area contributed by atoms with E-state index in [9.17, 15) is 0 Å². The maximum atomic E-state index is 8.86. The molecule has 0 bridgehead atoms. The molecule has 0 aliphatic rings. The van der Waals surface area contributed by atoms with Crippen molar-refractivity contribution in [3.63, 3.8) is 0 Å². The first-order chi connectivity index (χ1) is 6.79. The van der Waals surface area contributed by atoms with Crippen LogP contribution in [0, 0.1) is 0 Å². The number of nitrogen functional groups attached to an aromatic ring is 1. The number of hydrogen-bond acceptors (Lipinski definition) is 3. The summed E-state index contributed by atoms with van der Waals surface area (Å²) in [7, 11) is 0. The van der Waals surface area contributed by atoms with Crippen LogP contribution in [0.15, 0.2) is 36.7 Å². The average molecular weight is 189 g/mol. The van der Waals surface area contributed by atoms with Crippen LogP contribution in [0.4, 0.5) is 5.69 Å². The first-order valence-corrected chi connectivity index (χ1v) is 4.30. The van der Waals surface area contributed by atoms with E-state index in [0.717, 1.165) is 11.3 Å². The van der Waals surface area contributed by atoms with Crippen molar-refractivity contribution in [2.75, 3.05) is 5.73 Å². The van der Waals surface area contributed by atoms with E-state index in [0.29, 0.717) is 5.69 Å². The van der Waals surface area contributed by atoms with Gasteiger partial charge in [-0.15, -0.1) is 0 Å². The molecule has 4 nitrogen and oxygen atoms in total. The van der Waals surface area contributed by atoms with Gasteiger partial charge in [-0.1, -0.05) is 12.1 Å². The Morgan fingerprint density at radius 1 is 1.29 bits per heavy atom. The molecule has 14 heavy (non-hydrogen) atoms. The van der Waals surface area contributed by atoms with E-state index in [2.05, 4.69) is 5.10 Å². The van der Waals surface area contributed by atoms with Gasteiger partial charge in [0.15, 0.2) is 0 Å². The zero-order valence-corrected chi connectivity index (χ0v) is 7.59. The maximum Gasteiger partial charge on any atom is 0.0724 e. The predicted molar refractivity (Wildman–Crippen MR) is 53.9 cm³/mol. The maximum absolute atomic E-state index is 8.86. The topological polar surface area (TPSA) is 64.1 Å². The molecule has 3 N–H and O–H groups in total. The van der Waals surface area contributed by atoms with E-state index in [4.69, 9.17) is 10.8 Å². The Morgan fingerprint density at radius 3 is 2.50 bits per heavy atom. The van der Waals surface area contributed by atoms with Gasteiger partial charge in [0, 0.05) is 0 Å². The van der Waals surface area contributed by atoms with Crippen LogP contribution < -0.4 is 5.73 Å². The summed E-state index contributed by atoms with van der Waals surface area (Å²) < 4.78 is 1.69. The van der Waals surface area contributed by atoms with Gasteiger partial charge in [-0.25, -0.2) is 4.68 Å². The number of nitrogens with two attached hydrogens (primary N) is 1.